The first-order valence-corrected chi connectivity index (χ1v) is 12.7. The predicted molar refractivity (Wildman–Crippen MR) is 133 cm³/mol. The summed E-state index contributed by atoms with van der Waals surface area (Å²) in [4.78, 5) is 27.0. The van der Waals surface area contributed by atoms with Crippen molar-refractivity contribution in [1.29, 1.82) is 0 Å². The van der Waals surface area contributed by atoms with Gasteiger partial charge in [0, 0.05) is 9.90 Å². The molecule has 6 nitrogen and oxygen atoms in total. The maximum absolute atomic E-state index is 12.9. The summed E-state index contributed by atoms with van der Waals surface area (Å²) in [5.41, 5.74) is 2.41. The largest absolute Gasteiger partial charge is 0.486 e. The van der Waals surface area contributed by atoms with Gasteiger partial charge in [0.25, 0.3) is 5.91 Å². The lowest BCUT2D eigenvalue weighted by Crippen LogP contribution is -2.18. The Morgan fingerprint density at radius 1 is 1.21 bits per heavy atom. The smallest absolute Gasteiger partial charge is 0.341 e. The topological polar surface area (TPSA) is 77.8 Å². The SMILES string of the molecule is CCC(C)OC(=O)c1c(NC(=O)c2ccc(COc3ccc(Cl)c(C)c3)o2)sc2c1CCCC2. The molecule has 34 heavy (non-hydrogen) atoms. The standard InChI is InChI=1S/C26H28ClNO5S/c1-4-16(3)32-26(30)23-19-7-5-6-8-22(19)34-25(23)28-24(29)21-12-10-18(33-21)14-31-17-9-11-20(27)15(2)13-17/h9-13,16H,4-8,14H2,1-3H3,(H,28,29). The third kappa shape index (κ3) is 5.47. The van der Waals surface area contributed by atoms with Crippen molar-refractivity contribution in [3.8, 4) is 5.75 Å². The van der Waals surface area contributed by atoms with Gasteiger partial charge in [-0.25, -0.2) is 4.79 Å². The number of furan rings is 1. The van der Waals surface area contributed by atoms with Gasteiger partial charge in [-0.1, -0.05) is 18.5 Å². The summed E-state index contributed by atoms with van der Waals surface area (Å²) in [7, 11) is 0. The number of carbonyl (C=O) groups excluding carboxylic acids is 2. The van der Waals surface area contributed by atoms with Crippen molar-refractivity contribution < 1.29 is 23.5 Å². The average molecular weight is 502 g/mol. The number of esters is 1. The highest BCUT2D eigenvalue weighted by molar-refractivity contribution is 7.17. The third-order valence-corrected chi connectivity index (χ3v) is 7.51. The molecule has 0 aliphatic heterocycles. The summed E-state index contributed by atoms with van der Waals surface area (Å²) in [6, 6.07) is 8.71. The molecule has 0 fully saturated rings. The second-order valence-corrected chi connectivity index (χ2v) is 9.97. The summed E-state index contributed by atoms with van der Waals surface area (Å²) in [6.07, 6.45) is 4.37. The molecule has 1 aliphatic rings. The van der Waals surface area contributed by atoms with E-state index in [2.05, 4.69) is 5.32 Å². The minimum Gasteiger partial charge on any atom is -0.486 e. The molecule has 1 atom stereocenters. The predicted octanol–water partition coefficient (Wildman–Crippen LogP) is 6.97. The molecule has 1 N–H and O–H groups in total. The Morgan fingerprint density at radius 3 is 2.76 bits per heavy atom. The van der Waals surface area contributed by atoms with E-state index in [0.29, 0.717) is 27.1 Å². The van der Waals surface area contributed by atoms with Crippen LogP contribution in [0.15, 0.2) is 34.7 Å². The van der Waals surface area contributed by atoms with Crippen molar-refractivity contribution in [1.82, 2.24) is 0 Å². The van der Waals surface area contributed by atoms with Gasteiger partial charge >= 0.3 is 5.97 Å². The van der Waals surface area contributed by atoms with Crippen LogP contribution in [0.2, 0.25) is 5.02 Å². The molecule has 1 aliphatic carbocycles. The Balaban J connectivity index is 1.47. The fraction of sp³-hybridized carbons (Fsp3) is 0.385. The third-order valence-electron chi connectivity index (χ3n) is 5.88. The van der Waals surface area contributed by atoms with Gasteiger partial charge in [0.05, 0.1) is 11.7 Å². The van der Waals surface area contributed by atoms with Crippen LogP contribution in [0.1, 0.15) is 75.8 Å². The number of halogens is 1. The van der Waals surface area contributed by atoms with E-state index in [1.807, 2.05) is 26.8 Å². The van der Waals surface area contributed by atoms with E-state index in [0.717, 1.165) is 48.1 Å². The van der Waals surface area contributed by atoms with Crippen LogP contribution in [0, 0.1) is 6.92 Å². The van der Waals surface area contributed by atoms with Gasteiger partial charge in [-0.15, -0.1) is 11.3 Å². The average Bonchev–Trinajstić information content (AvgIpc) is 3.44. The number of rotatable bonds is 8. The zero-order valence-corrected chi connectivity index (χ0v) is 21.1. The first kappa shape index (κ1) is 24.4. The van der Waals surface area contributed by atoms with Crippen LogP contribution in [0.4, 0.5) is 5.00 Å². The summed E-state index contributed by atoms with van der Waals surface area (Å²) in [5.74, 6) is 0.539. The van der Waals surface area contributed by atoms with Crippen LogP contribution >= 0.6 is 22.9 Å². The molecule has 4 rings (SSSR count). The van der Waals surface area contributed by atoms with E-state index in [4.69, 9.17) is 25.5 Å². The lowest BCUT2D eigenvalue weighted by atomic mass is 9.95. The van der Waals surface area contributed by atoms with Gasteiger partial charge in [-0.05, 0) is 87.4 Å². The fourth-order valence-electron chi connectivity index (χ4n) is 3.80. The van der Waals surface area contributed by atoms with E-state index in [9.17, 15) is 9.59 Å². The number of carbonyl (C=O) groups is 2. The number of hydrogen-bond donors (Lipinski definition) is 1. The van der Waals surface area contributed by atoms with E-state index < -0.39 is 5.91 Å². The molecular weight excluding hydrogens is 474 g/mol. The molecule has 180 valence electrons. The molecule has 2 heterocycles. The minimum atomic E-state index is -0.412. The number of fused-ring (bicyclic) bond motifs is 1. The van der Waals surface area contributed by atoms with Gasteiger partial charge < -0.3 is 19.2 Å². The maximum Gasteiger partial charge on any atom is 0.341 e. The molecule has 0 spiro atoms. The highest BCUT2D eigenvalue weighted by atomic mass is 35.5. The van der Waals surface area contributed by atoms with Crippen LogP contribution in [-0.4, -0.2) is 18.0 Å². The van der Waals surface area contributed by atoms with Crippen LogP contribution in [0.5, 0.6) is 5.75 Å². The Hall–Kier alpha value is -2.77. The highest BCUT2D eigenvalue weighted by Gasteiger charge is 2.28. The Labute approximate surface area is 208 Å². The summed E-state index contributed by atoms with van der Waals surface area (Å²) >= 11 is 7.51. The monoisotopic (exact) mass is 501 g/mol. The van der Waals surface area contributed by atoms with Crippen LogP contribution < -0.4 is 10.1 Å². The van der Waals surface area contributed by atoms with Crippen LogP contribution in [0.3, 0.4) is 0 Å². The van der Waals surface area contributed by atoms with E-state index in [1.54, 1.807) is 24.3 Å². The number of anilines is 1. The number of aryl methyl sites for hydroxylation is 2. The number of ether oxygens (including phenoxy) is 2. The number of nitrogens with one attached hydrogen (secondary N) is 1. The van der Waals surface area contributed by atoms with Crippen molar-refractivity contribution in [3.63, 3.8) is 0 Å². The molecule has 3 aromatic rings. The fourth-order valence-corrected chi connectivity index (χ4v) is 5.19. The lowest BCUT2D eigenvalue weighted by Gasteiger charge is -2.15. The maximum atomic E-state index is 12.9. The van der Waals surface area contributed by atoms with Gasteiger partial charge in [-0.2, -0.15) is 0 Å². The second kappa shape index (κ2) is 10.7. The quantitative estimate of drug-likeness (QED) is 0.337. The Bertz CT molecular complexity index is 1200. The van der Waals surface area contributed by atoms with Gasteiger partial charge in [-0.3, -0.25) is 4.79 Å². The Morgan fingerprint density at radius 2 is 2.00 bits per heavy atom. The molecule has 1 amide bonds. The number of hydrogen-bond acceptors (Lipinski definition) is 6. The summed E-state index contributed by atoms with van der Waals surface area (Å²) in [5, 5.41) is 4.08. The van der Waals surface area contributed by atoms with E-state index >= 15 is 0 Å². The molecule has 0 saturated carbocycles. The molecule has 8 heteroatoms. The molecule has 0 radical (unpaired) electrons. The summed E-state index contributed by atoms with van der Waals surface area (Å²) in [6.45, 7) is 5.91. The van der Waals surface area contributed by atoms with E-state index in [1.165, 1.54) is 11.3 Å². The number of thiophene rings is 1. The molecular formula is C26H28ClNO5S. The number of benzene rings is 1. The first-order chi connectivity index (χ1) is 16.4. The van der Waals surface area contributed by atoms with Crippen LogP contribution in [0.25, 0.3) is 0 Å². The zero-order chi connectivity index (χ0) is 24.2. The molecule has 1 aromatic carbocycles. The normalized spacial score (nSPS) is 13.8. The van der Waals surface area contributed by atoms with Gasteiger partial charge in [0.1, 0.15) is 23.1 Å². The molecule has 1 unspecified atom stereocenters. The van der Waals surface area contributed by atoms with Crippen LogP contribution in [-0.2, 0) is 24.2 Å². The van der Waals surface area contributed by atoms with Gasteiger partial charge in [0.2, 0.25) is 0 Å². The van der Waals surface area contributed by atoms with Crippen molar-refractivity contribution in [2.75, 3.05) is 5.32 Å². The van der Waals surface area contributed by atoms with Crippen molar-refractivity contribution >= 4 is 39.8 Å². The second-order valence-electron chi connectivity index (χ2n) is 8.46. The lowest BCUT2D eigenvalue weighted by molar-refractivity contribution is 0.0335. The molecule has 0 saturated heterocycles. The Kier molecular flexibility index (Phi) is 7.63. The summed E-state index contributed by atoms with van der Waals surface area (Å²) < 4.78 is 17.1. The van der Waals surface area contributed by atoms with Crippen molar-refractivity contribution in [2.24, 2.45) is 0 Å². The van der Waals surface area contributed by atoms with Crippen molar-refractivity contribution in [2.45, 2.75) is 65.6 Å². The molecule has 0 bridgehead atoms. The van der Waals surface area contributed by atoms with Crippen molar-refractivity contribution in [3.05, 3.63) is 68.4 Å². The minimum absolute atomic E-state index is 0.151. The zero-order valence-electron chi connectivity index (χ0n) is 19.5. The molecule has 2 aromatic heterocycles. The van der Waals surface area contributed by atoms with E-state index in [-0.39, 0.29) is 24.4 Å². The highest BCUT2D eigenvalue weighted by Crippen LogP contribution is 2.39. The van der Waals surface area contributed by atoms with Gasteiger partial charge in [0.15, 0.2) is 5.76 Å². The first-order valence-electron chi connectivity index (χ1n) is 11.5. The number of amides is 1.